The summed E-state index contributed by atoms with van der Waals surface area (Å²) in [4.78, 5) is 26.0. The van der Waals surface area contributed by atoms with Crippen LogP contribution >= 0.6 is 11.3 Å². The summed E-state index contributed by atoms with van der Waals surface area (Å²) in [5.41, 5.74) is 2.13. The van der Waals surface area contributed by atoms with E-state index in [9.17, 15) is 14.9 Å². The fourth-order valence-corrected chi connectivity index (χ4v) is 4.14. The van der Waals surface area contributed by atoms with E-state index in [1.807, 2.05) is 74.5 Å². The molecule has 3 rings (SSSR count). The van der Waals surface area contributed by atoms with Crippen molar-refractivity contribution in [2.45, 2.75) is 26.7 Å². The number of thiazole rings is 1. The number of nitriles is 1. The zero-order valence-corrected chi connectivity index (χ0v) is 17.8. The summed E-state index contributed by atoms with van der Waals surface area (Å²) in [6.07, 6.45) is 3.55. The summed E-state index contributed by atoms with van der Waals surface area (Å²) in [7, 11) is 0. The van der Waals surface area contributed by atoms with Crippen molar-refractivity contribution in [2.75, 3.05) is 6.54 Å². The minimum Gasteiger partial charge on any atom is -0.351 e. The number of unbranched alkanes of at least 4 members (excludes halogenated alkanes) is 1. The Morgan fingerprint density at radius 1 is 1.17 bits per heavy atom. The van der Waals surface area contributed by atoms with Crippen molar-refractivity contribution >= 4 is 28.9 Å². The first kappa shape index (κ1) is 21.3. The molecule has 0 radical (unpaired) electrons. The van der Waals surface area contributed by atoms with Gasteiger partial charge in [-0.25, -0.2) is 0 Å². The number of carbonyl (C=O) groups excluding carboxylic acids is 1. The Kier molecular flexibility index (Phi) is 6.99. The van der Waals surface area contributed by atoms with Crippen LogP contribution < -0.4 is 20.1 Å². The van der Waals surface area contributed by atoms with Crippen LogP contribution in [0.3, 0.4) is 0 Å². The molecule has 2 aromatic carbocycles. The van der Waals surface area contributed by atoms with Gasteiger partial charge in [0.15, 0.2) is 5.57 Å². The summed E-state index contributed by atoms with van der Waals surface area (Å²) < 4.78 is 2.29. The zero-order chi connectivity index (χ0) is 21.5. The van der Waals surface area contributed by atoms with Crippen LogP contribution in [0.1, 0.15) is 30.9 Å². The molecule has 30 heavy (non-hydrogen) atoms. The minimum absolute atomic E-state index is 0.0517. The van der Waals surface area contributed by atoms with Gasteiger partial charge in [0.05, 0.1) is 10.2 Å². The van der Waals surface area contributed by atoms with E-state index >= 15 is 0 Å². The van der Waals surface area contributed by atoms with Crippen LogP contribution in [0.5, 0.6) is 0 Å². The lowest BCUT2D eigenvalue weighted by Crippen LogP contribution is -2.34. The molecule has 1 N–H and O–H groups in total. The van der Waals surface area contributed by atoms with Gasteiger partial charge in [0, 0.05) is 6.54 Å². The van der Waals surface area contributed by atoms with Crippen molar-refractivity contribution in [3.8, 4) is 11.8 Å². The molecule has 0 saturated carbocycles. The largest absolute Gasteiger partial charge is 0.351 e. The molecule has 1 heterocycles. The molecule has 0 aliphatic heterocycles. The second-order valence-corrected chi connectivity index (χ2v) is 7.88. The third-order valence-corrected chi connectivity index (χ3v) is 5.74. The molecular weight excluding hydrogens is 394 g/mol. The quantitative estimate of drug-likeness (QED) is 0.627. The van der Waals surface area contributed by atoms with Gasteiger partial charge in [-0.05, 0) is 36.6 Å². The molecule has 0 fully saturated rings. The molecule has 0 saturated heterocycles. The van der Waals surface area contributed by atoms with Crippen LogP contribution in [0.15, 0.2) is 59.4 Å². The number of aryl methyl sites for hydroxylation is 1. The van der Waals surface area contributed by atoms with Gasteiger partial charge >= 0.3 is 0 Å². The highest BCUT2D eigenvalue weighted by Crippen LogP contribution is 2.10. The Labute approximate surface area is 179 Å². The summed E-state index contributed by atoms with van der Waals surface area (Å²) in [6.45, 7) is 4.42. The highest BCUT2D eigenvalue weighted by Gasteiger charge is 2.17. The highest BCUT2D eigenvalue weighted by atomic mass is 32.1. The number of hydrogen-bond donors (Lipinski definition) is 1. The number of benzene rings is 2. The third-order valence-electron chi connectivity index (χ3n) is 4.65. The van der Waals surface area contributed by atoms with Gasteiger partial charge in [-0.1, -0.05) is 61.9 Å². The lowest BCUT2D eigenvalue weighted by atomic mass is 10.2. The summed E-state index contributed by atoms with van der Waals surface area (Å²) in [6, 6.07) is 19.0. The maximum Gasteiger partial charge on any atom is 0.273 e. The van der Waals surface area contributed by atoms with Gasteiger partial charge < -0.3 is 5.32 Å². The molecule has 0 atom stereocenters. The van der Waals surface area contributed by atoms with Gasteiger partial charge in [0.2, 0.25) is 0 Å². The maximum atomic E-state index is 13.3. The predicted molar refractivity (Wildman–Crippen MR) is 121 cm³/mol. The lowest BCUT2D eigenvalue weighted by molar-refractivity contribution is -0.115. The first-order valence-electron chi connectivity index (χ1n) is 9.84. The van der Waals surface area contributed by atoms with E-state index < -0.39 is 5.91 Å². The molecule has 0 spiro atoms. The van der Waals surface area contributed by atoms with Gasteiger partial charge in [-0.15, -0.1) is 11.3 Å². The number of aromatic nitrogens is 1. The van der Waals surface area contributed by atoms with Crippen molar-refractivity contribution in [1.82, 2.24) is 9.88 Å². The van der Waals surface area contributed by atoms with Crippen molar-refractivity contribution in [2.24, 2.45) is 0 Å². The van der Waals surface area contributed by atoms with Crippen molar-refractivity contribution in [1.29, 1.82) is 5.26 Å². The molecule has 0 bridgehead atoms. The van der Waals surface area contributed by atoms with Gasteiger partial charge in [0.25, 0.3) is 11.5 Å². The Morgan fingerprint density at radius 2 is 1.87 bits per heavy atom. The molecule has 0 aliphatic rings. The van der Waals surface area contributed by atoms with Crippen LogP contribution in [0.4, 0.5) is 0 Å². The number of rotatable bonds is 6. The van der Waals surface area contributed by atoms with Crippen molar-refractivity contribution in [3.63, 3.8) is 0 Å². The van der Waals surface area contributed by atoms with E-state index in [1.165, 1.54) is 4.57 Å². The molecule has 1 aromatic heterocycles. The number of nitrogens with zero attached hydrogens (tertiary/aromatic N) is 2. The van der Waals surface area contributed by atoms with Crippen molar-refractivity contribution in [3.05, 3.63) is 85.3 Å². The SMILES string of the molecule is CCCCNC(=O)/C(C#N)=c1\s/c(=C\c2ccccc2)c(=O)n1-c1ccccc1C. The van der Waals surface area contributed by atoms with Crippen LogP contribution in [-0.4, -0.2) is 17.0 Å². The molecule has 1 amide bonds. The van der Waals surface area contributed by atoms with Gasteiger partial charge in [0.1, 0.15) is 10.7 Å². The lowest BCUT2D eigenvalue weighted by Gasteiger charge is -2.07. The monoisotopic (exact) mass is 417 g/mol. The molecule has 6 heteroatoms. The van der Waals surface area contributed by atoms with Crippen molar-refractivity contribution < 1.29 is 4.79 Å². The van der Waals surface area contributed by atoms with Crippen LogP contribution in [0.25, 0.3) is 17.3 Å². The topological polar surface area (TPSA) is 74.9 Å². The molecule has 5 nitrogen and oxygen atoms in total. The molecule has 3 aromatic rings. The average molecular weight is 418 g/mol. The minimum atomic E-state index is -0.458. The number of nitrogens with one attached hydrogen (secondary N) is 1. The number of para-hydroxylation sites is 1. The Morgan fingerprint density at radius 3 is 2.53 bits per heavy atom. The molecule has 0 unspecified atom stereocenters. The van der Waals surface area contributed by atoms with E-state index in [1.54, 1.807) is 6.08 Å². The van der Waals surface area contributed by atoms with Crippen LogP contribution in [0.2, 0.25) is 0 Å². The summed E-state index contributed by atoms with van der Waals surface area (Å²) in [5.74, 6) is -0.458. The van der Waals surface area contributed by atoms with E-state index in [0.717, 1.165) is 35.3 Å². The predicted octanol–water partition coefficient (Wildman–Crippen LogP) is 2.63. The second kappa shape index (κ2) is 9.86. The van der Waals surface area contributed by atoms with Gasteiger partial charge in [-0.2, -0.15) is 5.26 Å². The summed E-state index contributed by atoms with van der Waals surface area (Å²) in [5, 5.41) is 12.6. The zero-order valence-electron chi connectivity index (χ0n) is 17.0. The molecular formula is C24H23N3O2S. The standard InChI is InChI=1S/C24H23N3O2S/c1-3-4-14-26-22(28)19(16-25)24-27(20-13-9-8-10-17(20)2)23(29)21(30-24)15-18-11-6-5-7-12-18/h5-13,15H,3-4,14H2,1-2H3,(H,26,28)/b21-15-,24-19-. The third kappa shape index (κ3) is 4.58. The first-order valence-corrected chi connectivity index (χ1v) is 10.7. The fraction of sp³-hybridized carbons (Fsp3) is 0.208. The van der Waals surface area contributed by atoms with Crippen LogP contribution in [-0.2, 0) is 4.79 Å². The number of hydrogen-bond acceptors (Lipinski definition) is 4. The van der Waals surface area contributed by atoms with Gasteiger partial charge in [-0.3, -0.25) is 14.2 Å². The highest BCUT2D eigenvalue weighted by molar-refractivity contribution is 7.07. The normalized spacial score (nSPS) is 12.4. The van der Waals surface area contributed by atoms with E-state index in [4.69, 9.17) is 0 Å². The summed E-state index contributed by atoms with van der Waals surface area (Å²) >= 11 is 1.16. The first-order chi connectivity index (χ1) is 14.6. The number of amides is 1. The van der Waals surface area contributed by atoms with Crippen LogP contribution in [0, 0.1) is 18.3 Å². The average Bonchev–Trinajstić information content (AvgIpc) is 3.05. The Bertz CT molecular complexity index is 1260. The maximum absolute atomic E-state index is 13.3. The fourth-order valence-electron chi connectivity index (χ4n) is 3.05. The van der Waals surface area contributed by atoms with E-state index in [-0.39, 0.29) is 11.1 Å². The van der Waals surface area contributed by atoms with E-state index in [0.29, 0.717) is 21.4 Å². The smallest absolute Gasteiger partial charge is 0.273 e. The molecule has 0 aliphatic carbocycles. The molecule has 152 valence electrons. The Hall–Kier alpha value is -3.43. The number of carbonyl (C=O) groups is 1. The second-order valence-electron chi connectivity index (χ2n) is 6.85. The Balaban J connectivity index is 2.31. The van der Waals surface area contributed by atoms with E-state index in [2.05, 4.69) is 5.32 Å².